The number of nitriles is 1. The van der Waals surface area contributed by atoms with Gasteiger partial charge in [0.15, 0.2) is 0 Å². The van der Waals surface area contributed by atoms with E-state index in [4.69, 9.17) is 21.6 Å². The summed E-state index contributed by atoms with van der Waals surface area (Å²) in [5.74, 6) is -0.425. The molecule has 1 rings (SSSR count). The molecule has 0 saturated carbocycles. The maximum Gasteiger partial charge on any atom is 0.331 e. The molecule has 0 radical (unpaired) electrons. The Kier molecular flexibility index (Phi) is 4.74. The summed E-state index contributed by atoms with van der Waals surface area (Å²) in [7, 11) is 0. The van der Waals surface area contributed by atoms with Crippen molar-refractivity contribution in [2.45, 2.75) is 33.3 Å². The van der Waals surface area contributed by atoms with Crippen molar-refractivity contribution in [1.82, 2.24) is 0 Å². The van der Waals surface area contributed by atoms with E-state index in [0.717, 1.165) is 5.56 Å². The van der Waals surface area contributed by atoms with E-state index in [1.165, 1.54) is 6.08 Å². The first-order valence-electron chi connectivity index (χ1n) is 5.84. The first kappa shape index (κ1) is 15.3. The van der Waals surface area contributed by atoms with Gasteiger partial charge in [-0.25, -0.2) is 4.79 Å². The number of rotatable bonds is 2. The van der Waals surface area contributed by atoms with Crippen LogP contribution in [-0.4, -0.2) is 11.6 Å². The summed E-state index contributed by atoms with van der Waals surface area (Å²) in [6.07, 6.45) is 2.92. The van der Waals surface area contributed by atoms with E-state index < -0.39 is 11.6 Å². The molecule has 1 aromatic carbocycles. The lowest BCUT2D eigenvalue weighted by molar-refractivity contribution is -0.148. The normalized spacial score (nSPS) is 11.4. The average molecular weight is 278 g/mol. The van der Waals surface area contributed by atoms with Gasteiger partial charge in [0.2, 0.25) is 0 Å². The second-order valence-corrected chi connectivity index (χ2v) is 5.57. The number of ether oxygens (including phenoxy) is 1. The Morgan fingerprint density at radius 2 is 2.05 bits per heavy atom. The molecule has 0 atom stereocenters. The number of carbonyl (C=O) groups excluding carboxylic acids is 1. The minimum atomic E-state index is -0.522. The number of hydrogen-bond donors (Lipinski definition) is 0. The van der Waals surface area contributed by atoms with Crippen LogP contribution in [0.2, 0.25) is 5.02 Å². The van der Waals surface area contributed by atoms with Crippen LogP contribution in [0.15, 0.2) is 18.2 Å². The maximum absolute atomic E-state index is 11.5. The van der Waals surface area contributed by atoms with E-state index in [2.05, 4.69) is 6.07 Å². The summed E-state index contributed by atoms with van der Waals surface area (Å²) in [5.41, 5.74) is 1.50. The summed E-state index contributed by atoms with van der Waals surface area (Å²) in [5, 5.41) is 9.31. The lowest BCUT2D eigenvalue weighted by atomic mass is 10.1. The van der Waals surface area contributed by atoms with Gasteiger partial charge in [0.05, 0.1) is 11.6 Å². The van der Waals surface area contributed by atoms with Gasteiger partial charge in [-0.1, -0.05) is 11.6 Å². The van der Waals surface area contributed by atoms with Crippen LogP contribution in [-0.2, 0) is 9.53 Å². The summed E-state index contributed by atoms with van der Waals surface area (Å²) in [4.78, 5) is 11.5. The van der Waals surface area contributed by atoms with Gasteiger partial charge >= 0.3 is 5.97 Å². The van der Waals surface area contributed by atoms with Gasteiger partial charge in [0.25, 0.3) is 0 Å². The molecular formula is C15H16ClNO2. The Hall–Kier alpha value is -1.79. The van der Waals surface area contributed by atoms with Crippen molar-refractivity contribution < 1.29 is 9.53 Å². The fourth-order valence-corrected chi connectivity index (χ4v) is 1.67. The van der Waals surface area contributed by atoms with Gasteiger partial charge in [-0.3, -0.25) is 0 Å². The lowest BCUT2D eigenvalue weighted by Crippen LogP contribution is -2.22. The number of aryl methyl sites for hydroxylation is 1. The second-order valence-electron chi connectivity index (χ2n) is 5.17. The third-order valence-electron chi connectivity index (χ3n) is 2.27. The summed E-state index contributed by atoms with van der Waals surface area (Å²) in [6.45, 7) is 7.23. The molecule has 3 nitrogen and oxygen atoms in total. The van der Waals surface area contributed by atoms with E-state index in [1.54, 1.807) is 39.0 Å². The number of benzene rings is 1. The Balaban J connectivity index is 2.92. The van der Waals surface area contributed by atoms with Crippen LogP contribution in [0.5, 0.6) is 0 Å². The molecule has 1 aromatic rings. The molecule has 0 aliphatic rings. The SMILES string of the molecule is Cc1cc(C=CC(=O)OC(C)(C)C)c(Cl)cc1C#N. The molecule has 0 fully saturated rings. The summed E-state index contributed by atoms with van der Waals surface area (Å²) < 4.78 is 5.15. The Bertz CT molecular complexity index is 563. The van der Waals surface area contributed by atoms with Crippen LogP contribution in [0.3, 0.4) is 0 Å². The molecule has 0 aliphatic heterocycles. The third kappa shape index (κ3) is 4.76. The molecular weight excluding hydrogens is 262 g/mol. The Labute approximate surface area is 118 Å². The highest BCUT2D eigenvalue weighted by Gasteiger charge is 2.14. The molecule has 0 heterocycles. The van der Waals surface area contributed by atoms with Gasteiger partial charge < -0.3 is 4.74 Å². The minimum absolute atomic E-state index is 0.425. The largest absolute Gasteiger partial charge is 0.457 e. The second kappa shape index (κ2) is 5.90. The zero-order valence-corrected chi connectivity index (χ0v) is 12.2. The van der Waals surface area contributed by atoms with Gasteiger partial charge in [-0.2, -0.15) is 5.26 Å². The van der Waals surface area contributed by atoms with Gasteiger partial charge in [-0.05, 0) is 57.0 Å². The number of carbonyl (C=O) groups is 1. The summed E-state index contributed by atoms with van der Waals surface area (Å²) in [6, 6.07) is 5.41. The van der Waals surface area contributed by atoms with E-state index in [-0.39, 0.29) is 0 Å². The van der Waals surface area contributed by atoms with E-state index >= 15 is 0 Å². The molecule has 0 spiro atoms. The Morgan fingerprint density at radius 1 is 1.42 bits per heavy atom. The fourth-order valence-electron chi connectivity index (χ4n) is 1.45. The quantitative estimate of drug-likeness (QED) is 0.609. The highest BCUT2D eigenvalue weighted by atomic mass is 35.5. The predicted molar refractivity (Wildman–Crippen MR) is 75.8 cm³/mol. The number of esters is 1. The number of hydrogen-bond acceptors (Lipinski definition) is 3. The number of halogens is 1. The standard InChI is InChI=1S/C15H16ClNO2/c1-10-7-11(13(16)8-12(10)9-17)5-6-14(18)19-15(2,3)4/h5-8H,1-4H3. The molecule has 0 amide bonds. The van der Waals surface area contributed by atoms with E-state index in [9.17, 15) is 4.79 Å². The fraction of sp³-hybridized carbons (Fsp3) is 0.333. The summed E-state index contributed by atoms with van der Waals surface area (Å²) >= 11 is 6.04. The molecule has 0 aromatic heterocycles. The van der Waals surface area contributed by atoms with Crippen LogP contribution < -0.4 is 0 Å². The molecule has 4 heteroatoms. The molecule has 0 unspecified atom stereocenters. The molecule has 19 heavy (non-hydrogen) atoms. The topological polar surface area (TPSA) is 50.1 Å². The van der Waals surface area contributed by atoms with E-state index in [1.807, 2.05) is 6.92 Å². The zero-order chi connectivity index (χ0) is 14.6. The first-order chi connectivity index (χ1) is 8.73. The van der Waals surface area contributed by atoms with Crippen molar-refractivity contribution in [3.05, 3.63) is 39.9 Å². The third-order valence-corrected chi connectivity index (χ3v) is 2.60. The van der Waals surface area contributed by atoms with Crippen molar-refractivity contribution in [3.8, 4) is 6.07 Å². The van der Waals surface area contributed by atoms with Crippen molar-refractivity contribution in [2.24, 2.45) is 0 Å². The van der Waals surface area contributed by atoms with E-state index in [0.29, 0.717) is 16.1 Å². The minimum Gasteiger partial charge on any atom is -0.457 e. The smallest absolute Gasteiger partial charge is 0.331 e. The molecule has 100 valence electrons. The average Bonchev–Trinajstić information content (AvgIpc) is 2.27. The van der Waals surface area contributed by atoms with Crippen LogP contribution >= 0.6 is 11.6 Å². The van der Waals surface area contributed by atoms with Gasteiger partial charge in [-0.15, -0.1) is 0 Å². The predicted octanol–water partition coefficient (Wildman–Crippen LogP) is 3.88. The van der Waals surface area contributed by atoms with Crippen molar-refractivity contribution in [2.75, 3.05) is 0 Å². The highest BCUT2D eigenvalue weighted by molar-refractivity contribution is 6.32. The van der Waals surface area contributed by atoms with Crippen molar-refractivity contribution >= 4 is 23.6 Å². The number of nitrogens with zero attached hydrogens (tertiary/aromatic N) is 1. The maximum atomic E-state index is 11.5. The molecule has 0 saturated heterocycles. The molecule has 0 bridgehead atoms. The lowest BCUT2D eigenvalue weighted by Gasteiger charge is -2.17. The Morgan fingerprint density at radius 3 is 2.58 bits per heavy atom. The van der Waals surface area contributed by atoms with Crippen LogP contribution in [0, 0.1) is 18.3 Å². The van der Waals surface area contributed by atoms with Gasteiger partial charge in [0.1, 0.15) is 5.60 Å². The zero-order valence-electron chi connectivity index (χ0n) is 11.5. The monoisotopic (exact) mass is 277 g/mol. The highest BCUT2D eigenvalue weighted by Crippen LogP contribution is 2.22. The van der Waals surface area contributed by atoms with Crippen LogP contribution in [0.1, 0.15) is 37.5 Å². The first-order valence-corrected chi connectivity index (χ1v) is 6.22. The van der Waals surface area contributed by atoms with Crippen LogP contribution in [0.4, 0.5) is 0 Å². The van der Waals surface area contributed by atoms with Crippen molar-refractivity contribution in [1.29, 1.82) is 5.26 Å². The van der Waals surface area contributed by atoms with Crippen LogP contribution in [0.25, 0.3) is 6.08 Å². The van der Waals surface area contributed by atoms with Gasteiger partial charge in [0, 0.05) is 11.1 Å². The molecule has 0 N–H and O–H groups in total. The van der Waals surface area contributed by atoms with Crippen molar-refractivity contribution in [3.63, 3.8) is 0 Å². The molecule has 0 aliphatic carbocycles.